The van der Waals surface area contributed by atoms with Crippen molar-refractivity contribution < 1.29 is 50.7 Å². The zero-order chi connectivity index (χ0) is 69.3. The largest absolute Gasteiger partial charge is 0.311 e. The molecule has 0 N–H and O–H groups in total. The standard InChI is InChI=1S/C55H37N/c1-3-13-38(14-4-1)40-23-30-44(31-24-40)56(45-32-25-41(26-33-45)39-15-5-2-6-16-39)46-34-27-42(28-35-46)43-29-36-50-49-19-9-12-22-53(49)55(54(50)37-43)51-20-10-7-17-47(51)48-18-8-11-21-52(48)55/h1-37H/i1D,2D,3D,4D,5D,6D,7D,8D,9D,10D,11D,12D,13D,14D,15D,16D,17D,18D,19D,20D,21D,22D,23D,24D,25D,26D,27D,28D,29D,30D,31D,32D,33D,34D,35D,36D,37D. The molecule has 1 heteroatoms. The van der Waals surface area contributed by atoms with Crippen molar-refractivity contribution in [2.45, 2.75) is 5.41 Å². The van der Waals surface area contributed by atoms with Crippen LogP contribution in [0.1, 0.15) is 73.0 Å². The van der Waals surface area contributed by atoms with Crippen LogP contribution < -0.4 is 4.90 Å². The third-order valence-electron chi connectivity index (χ3n) is 9.13. The van der Waals surface area contributed by atoms with Crippen molar-refractivity contribution in [3.05, 3.63) is 246 Å². The summed E-state index contributed by atoms with van der Waals surface area (Å²) in [6.45, 7) is 0. The predicted molar refractivity (Wildman–Crippen MR) is 234 cm³/mol. The highest BCUT2D eigenvalue weighted by molar-refractivity contribution is 5.96. The van der Waals surface area contributed by atoms with E-state index in [1.165, 1.54) is 0 Å². The Balaban J connectivity index is 1.31. The molecule has 56 heavy (non-hydrogen) atoms. The molecule has 11 rings (SSSR count). The van der Waals surface area contributed by atoms with Gasteiger partial charge in [0.2, 0.25) is 0 Å². The van der Waals surface area contributed by atoms with Crippen LogP contribution in [0, 0.1) is 0 Å². The number of hydrogen-bond donors (Lipinski definition) is 0. The Morgan fingerprint density at radius 1 is 0.268 bits per heavy atom. The lowest BCUT2D eigenvalue weighted by atomic mass is 9.70. The van der Waals surface area contributed by atoms with Gasteiger partial charge >= 0.3 is 0 Å². The van der Waals surface area contributed by atoms with Crippen LogP contribution in [0.3, 0.4) is 0 Å². The molecule has 0 fully saturated rings. The van der Waals surface area contributed by atoms with Crippen LogP contribution in [-0.4, -0.2) is 0 Å². The van der Waals surface area contributed by atoms with Gasteiger partial charge in [0.05, 0.1) is 56.1 Å². The zero-order valence-corrected chi connectivity index (χ0v) is 27.9. The summed E-state index contributed by atoms with van der Waals surface area (Å²) >= 11 is 0. The Bertz CT molecular complexity index is 4690. The van der Waals surface area contributed by atoms with Crippen LogP contribution in [0.2, 0.25) is 0 Å². The molecule has 0 aliphatic heterocycles. The average Bonchev–Trinajstić information content (AvgIpc) is 1.48. The highest BCUT2D eigenvalue weighted by Gasteiger charge is 2.51. The Kier molecular flexibility index (Phi) is 2.81. The third kappa shape index (κ3) is 4.95. The molecular formula is C55H37N. The highest BCUT2D eigenvalue weighted by Crippen LogP contribution is 2.63. The maximum Gasteiger partial charge on any atom is 0.0725 e. The normalized spacial score (nSPS) is 22.0. The quantitative estimate of drug-likeness (QED) is 0.164. The minimum atomic E-state index is -2.95. The van der Waals surface area contributed by atoms with E-state index in [0.717, 1.165) is 0 Å². The minimum Gasteiger partial charge on any atom is -0.311 e. The van der Waals surface area contributed by atoms with Crippen LogP contribution in [0.15, 0.2) is 224 Å². The van der Waals surface area contributed by atoms with Crippen molar-refractivity contribution in [2.75, 3.05) is 4.90 Å². The molecule has 0 amide bonds. The van der Waals surface area contributed by atoms with E-state index in [2.05, 4.69) is 0 Å². The summed E-state index contributed by atoms with van der Waals surface area (Å²) in [6, 6.07) is -41.4. The molecule has 262 valence electrons. The van der Waals surface area contributed by atoms with Crippen molar-refractivity contribution in [1.82, 2.24) is 0 Å². The zero-order valence-electron chi connectivity index (χ0n) is 64.9. The monoisotopic (exact) mass is 749 g/mol. The smallest absolute Gasteiger partial charge is 0.0725 e. The molecule has 9 aromatic carbocycles. The number of anilines is 3. The Hall–Kier alpha value is -7.22. The molecule has 1 spiro atoms. The highest BCUT2D eigenvalue weighted by atomic mass is 15.1. The fourth-order valence-corrected chi connectivity index (χ4v) is 6.81. The lowest BCUT2D eigenvalue weighted by Gasteiger charge is -2.30. The van der Waals surface area contributed by atoms with Gasteiger partial charge in [-0.05, 0) is 120 Å². The second-order valence-corrected chi connectivity index (χ2v) is 12.0. The SMILES string of the molecule is [2H]c1c([2H])c([2H])c(-c2c([2H])c([2H])c(N(c3c([2H])c([2H])c(-c4c([2H])c([2H])c([2H])c([2H])c4[2H])c([2H])c3[2H])c3c([2H])c([2H])c(-c4c([2H])c([2H])c5c(c4[2H])C4(c6c([2H])c([2H])c([2H])c([2H])c6-c6c([2H])c([2H])c([2H])c([2H])c64)c4c([2H])c([2H])c([2H])c([2H])c4-5)c([2H])c3[2H])c([2H])c2[2H])c([2H])c1[2H]. The molecule has 0 aromatic heterocycles. The molecule has 1 nitrogen and oxygen atoms in total. The average molecular weight is 749 g/mol. The van der Waals surface area contributed by atoms with Crippen molar-refractivity contribution in [3.8, 4) is 55.6 Å². The summed E-state index contributed by atoms with van der Waals surface area (Å²) in [5.74, 6) is 0. The molecule has 0 heterocycles. The first-order valence-corrected chi connectivity index (χ1v) is 16.4. The Morgan fingerprint density at radius 3 is 0.982 bits per heavy atom. The number of fused-ring (bicyclic) bond motifs is 10. The van der Waals surface area contributed by atoms with E-state index in [1.54, 1.807) is 0 Å². The molecule has 0 saturated heterocycles. The lowest BCUT2D eigenvalue weighted by molar-refractivity contribution is 0.794. The molecule has 2 aliphatic carbocycles. The maximum atomic E-state index is 10.3. The fraction of sp³-hybridized carbons (Fsp3) is 0.0182. The van der Waals surface area contributed by atoms with Gasteiger partial charge in [-0.15, -0.1) is 0 Å². The number of rotatable bonds is 6. The first-order valence-electron chi connectivity index (χ1n) is 34.9. The molecule has 0 atom stereocenters. The van der Waals surface area contributed by atoms with Gasteiger partial charge in [-0.3, -0.25) is 0 Å². The van der Waals surface area contributed by atoms with Gasteiger partial charge in [0, 0.05) is 17.1 Å². The van der Waals surface area contributed by atoms with E-state index in [-0.39, 0.29) is 4.90 Å². The van der Waals surface area contributed by atoms with Gasteiger partial charge < -0.3 is 4.90 Å². The van der Waals surface area contributed by atoms with Gasteiger partial charge in [0.15, 0.2) is 0 Å². The van der Waals surface area contributed by atoms with Crippen molar-refractivity contribution >= 4 is 17.1 Å². The van der Waals surface area contributed by atoms with Gasteiger partial charge in [-0.1, -0.05) is 181 Å². The van der Waals surface area contributed by atoms with E-state index in [1.807, 2.05) is 0 Å². The molecule has 2 aliphatic rings. The van der Waals surface area contributed by atoms with E-state index in [0.29, 0.717) is 0 Å². The van der Waals surface area contributed by atoms with Crippen LogP contribution in [0.4, 0.5) is 17.1 Å². The second kappa shape index (κ2) is 13.0. The summed E-state index contributed by atoms with van der Waals surface area (Å²) < 4.78 is 338. The van der Waals surface area contributed by atoms with Crippen molar-refractivity contribution in [3.63, 3.8) is 0 Å². The summed E-state index contributed by atoms with van der Waals surface area (Å²) in [6.07, 6.45) is 0. The predicted octanol–water partition coefficient (Wildman–Crippen LogP) is 14.5. The molecule has 0 saturated carbocycles. The van der Waals surface area contributed by atoms with E-state index < -0.39 is 324 Å². The number of benzene rings is 9. The van der Waals surface area contributed by atoms with Crippen LogP contribution >= 0.6 is 0 Å². The minimum absolute atomic E-state index is 0.214. The molecule has 0 bridgehead atoms. The summed E-state index contributed by atoms with van der Waals surface area (Å²) in [5, 5.41) is 0. The van der Waals surface area contributed by atoms with Gasteiger partial charge in [0.1, 0.15) is 0 Å². The van der Waals surface area contributed by atoms with E-state index in [4.69, 9.17) is 21.9 Å². The second-order valence-electron chi connectivity index (χ2n) is 12.0. The summed E-state index contributed by atoms with van der Waals surface area (Å²) in [5.41, 5.74) is -18.4. The third-order valence-corrected chi connectivity index (χ3v) is 9.13. The van der Waals surface area contributed by atoms with Crippen molar-refractivity contribution in [1.29, 1.82) is 0 Å². The molecule has 0 radical (unpaired) electrons. The van der Waals surface area contributed by atoms with E-state index in [9.17, 15) is 28.8 Å². The molecule has 0 unspecified atom stereocenters. The van der Waals surface area contributed by atoms with Crippen molar-refractivity contribution in [2.24, 2.45) is 0 Å². The van der Waals surface area contributed by atoms with Gasteiger partial charge in [-0.25, -0.2) is 0 Å². The first-order chi connectivity index (χ1) is 43.2. The lowest BCUT2D eigenvalue weighted by Crippen LogP contribution is -2.25. The number of hydrogen-bond acceptors (Lipinski definition) is 1. The van der Waals surface area contributed by atoms with Gasteiger partial charge in [0.25, 0.3) is 0 Å². The Morgan fingerprint density at radius 2 is 0.571 bits per heavy atom. The number of nitrogens with zero attached hydrogens (tertiary/aromatic N) is 1. The van der Waals surface area contributed by atoms with Crippen LogP contribution in [0.25, 0.3) is 55.6 Å². The summed E-state index contributed by atoms with van der Waals surface area (Å²) in [4.78, 5) is 0.214. The summed E-state index contributed by atoms with van der Waals surface area (Å²) in [7, 11) is 0. The topological polar surface area (TPSA) is 3.24 Å². The molecule has 9 aromatic rings. The Labute approximate surface area is 380 Å². The first kappa shape index (κ1) is 12.1. The maximum absolute atomic E-state index is 10.3. The van der Waals surface area contributed by atoms with Gasteiger partial charge in [-0.2, -0.15) is 0 Å². The van der Waals surface area contributed by atoms with E-state index >= 15 is 0 Å². The molecular weight excluding hydrogens is 675 g/mol. The van der Waals surface area contributed by atoms with Crippen LogP contribution in [-0.2, 0) is 5.41 Å². The fourth-order valence-electron chi connectivity index (χ4n) is 6.81. The van der Waals surface area contributed by atoms with Crippen LogP contribution in [0.5, 0.6) is 0 Å².